The van der Waals surface area contributed by atoms with E-state index in [9.17, 15) is 24.3 Å². The van der Waals surface area contributed by atoms with Gasteiger partial charge in [0.2, 0.25) is 0 Å². The number of aromatic amines is 2. The largest absolute Gasteiger partial charge is 0.477 e. The van der Waals surface area contributed by atoms with Crippen LogP contribution in [0.1, 0.15) is 48.0 Å². The monoisotopic (exact) mass is 401 g/mol. The third-order valence-electron chi connectivity index (χ3n) is 4.57. The second-order valence-corrected chi connectivity index (χ2v) is 7.91. The molecule has 3 rings (SSSR count). The quantitative estimate of drug-likeness (QED) is 0.716. The highest BCUT2D eigenvalue weighted by Gasteiger charge is 2.29. The van der Waals surface area contributed by atoms with Crippen LogP contribution in [0.15, 0.2) is 27.8 Å². The van der Waals surface area contributed by atoms with Crippen molar-refractivity contribution in [2.24, 2.45) is 0 Å². The number of aromatic nitrogens is 2. The van der Waals surface area contributed by atoms with Gasteiger partial charge in [0, 0.05) is 12.1 Å². The van der Waals surface area contributed by atoms with Crippen molar-refractivity contribution in [1.82, 2.24) is 9.97 Å². The van der Waals surface area contributed by atoms with Crippen molar-refractivity contribution in [2.75, 3.05) is 11.4 Å². The van der Waals surface area contributed by atoms with Crippen LogP contribution in [-0.4, -0.2) is 39.3 Å². The SMILES string of the molecule is CC(C)(C)OC(=O)N1CCc2cc(CCc3c(C(=O)O)[nH]c(=O)[nH]c3=O)ccc21. The lowest BCUT2D eigenvalue weighted by atomic mass is 10.0. The van der Waals surface area contributed by atoms with E-state index in [-0.39, 0.29) is 12.0 Å². The van der Waals surface area contributed by atoms with Crippen LogP contribution in [0.2, 0.25) is 0 Å². The first kappa shape index (κ1) is 20.4. The topological polar surface area (TPSA) is 133 Å². The minimum atomic E-state index is -1.36. The van der Waals surface area contributed by atoms with Crippen LogP contribution in [0.3, 0.4) is 0 Å². The fraction of sp³-hybridized carbons (Fsp3) is 0.400. The number of H-pyrrole nitrogens is 2. The van der Waals surface area contributed by atoms with Gasteiger partial charge < -0.3 is 14.8 Å². The molecule has 29 heavy (non-hydrogen) atoms. The van der Waals surface area contributed by atoms with Crippen molar-refractivity contribution in [3.05, 3.63) is 61.4 Å². The number of benzene rings is 1. The molecule has 2 aromatic rings. The summed E-state index contributed by atoms with van der Waals surface area (Å²) in [6, 6.07) is 5.61. The van der Waals surface area contributed by atoms with Gasteiger partial charge in [0.25, 0.3) is 5.56 Å². The smallest absolute Gasteiger partial charge is 0.414 e. The van der Waals surface area contributed by atoms with Crippen LogP contribution >= 0.6 is 0 Å². The number of carbonyl (C=O) groups excluding carboxylic acids is 1. The number of carboxylic acids is 1. The molecule has 1 aromatic heterocycles. The third-order valence-corrected chi connectivity index (χ3v) is 4.57. The standard InChI is InChI=1S/C20H23N3O6/c1-20(2,3)29-19(28)23-9-8-12-10-11(5-7-14(12)23)4-6-13-15(17(25)26)21-18(27)22-16(13)24/h5,7,10H,4,6,8-9H2,1-3H3,(H,25,26)(H2,21,22,24,27). The Hall–Kier alpha value is -3.36. The summed E-state index contributed by atoms with van der Waals surface area (Å²) in [5, 5.41) is 9.23. The summed E-state index contributed by atoms with van der Waals surface area (Å²) in [6.07, 6.45) is 0.856. The zero-order valence-electron chi connectivity index (χ0n) is 16.5. The van der Waals surface area contributed by atoms with Gasteiger partial charge in [0.15, 0.2) is 0 Å². The fourth-order valence-electron chi connectivity index (χ4n) is 3.32. The molecular formula is C20H23N3O6. The highest BCUT2D eigenvalue weighted by atomic mass is 16.6. The number of carboxylic acid groups (broad SMARTS) is 1. The molecule has 1 amide bonds. The Bertz CT molecular complexity index is 1080. The molecule has 0 saturated carbocycles. The van der Waals surface area contributed by atoms with Crippen molar-refractivity contribution in [3.8, 4) is 0 Å². The maximum atomic E-state index is 12.4. The number of ether oxygens (including phenoxy) is 1. The number of aromatic carboxylic acids is 1. The Labute approximate surface area is 166 Å². The van der Waals surface area contributed by atoms with Crippen molar-refractivity contribution in [2.45, 2.75) is 45.6 Å². The first-order valence-electron chi connectivity index (χ1n) is 9.26. The lowest BCUT2D eigenvalue weighted by Gasteiger charge is -2.24. The van der Waals surface area contributed by atoms with Gasteiger partial charge in [-0.05, 0) is 57.2 Å². The minimum Gasteiger partial charge on any atom is -0.477 e. The summed E-state index contributed by atoms with van der Waals surface area (Å²) < 4.78 is 5.44. The molecule has 3 N–H and O–H groups in total. The predicted molar refractivity (Wildman–Crippen MR) is 106 cm³/mol. The Balaban J connectivity index is 1.78. The lowest BCUT2D eigenvalue weighted by Crippen LogP contribution is -2.35. The normalized spacial score (nSPS) is 13.3. The van der Waals surface area contributed by atoms with E-state index in [1.54, 1.807) is 4.90 Å². The zero-order valence-corrected chi connectivity index (χ0v) is 16.5. The summed E-state index contributed by atoms with van der Waals surface area (Å²) in [7, 11) is 0. The number of nitrogens with one attached hydrogen (secondary N) is 2. The van der Waals surface area contributed by atoms with Gasteiger partial charge in [-0.15, -0.1) is 0 Å². The van der Waals surface area contributed by atoms with Gasteiger partial charge in [0.05, 0.1) is 5.69 Å². The van der Waals surface area contributed by atoms with E-state index >= 15 is 0 Å². The first-order valence-corrected chi connectivity index (χ1v) is 9.26. The first-order chi connectivity index (χ1) is 13.5. The Morgan fingerprint density at radius 1 is 1.17 bits per heavy atom. The van der Waals surface area contributed by atoms with Gasteiger partial charge in [0.1, 0.15) is 11.3 Å². The van der Waals surface area contributed by atoms with Gasteiger partial charge in [-0.1, -0.05) is 12.1 Å². The number of fused-ring (bicyclic) bond motifs is 1. The fourth-order valence-corrected chi connectivity index (χ4v) is 3.32. The summed E-state index contributed by atoms with van der Waals surface area (Å²) in [4.78, 5) is 52.8. The Morgan fingerprint density at radius 3 is 2.55 bits per heavy atom. The molecule has 0 spiro atoms. The number of carbonyl (C=O) groups is 2. The van der Waals surface area contributed by atoms with E-state index < -0.39 is 34.6 Å². The number of hydrogen-bond acceptors (Lipinski definition) is 5. The summed E-state index contributed by atoms with van der Waals surface area (Å²) in [5.74, 6) is -1.36. The van der Waals surface area contributed by atoms with Gasteiger partial charge in [-0.25, -0.2) is 14.4 Å². The summed E-state index contributed by atoms with van der Waals surface area (Å²) in [5.41, 5.74) is 0.170. The van der Waals surface area contributed by atoms with E-state index in [4.69, 9.17) is 4.74 Å². The number of amides is 1. The Kier molecular flexibility index (Phi) is 5.32. The predicted octanol–water partition coefficient (Wildman–Crippen LogP) is 1.84. The molecule has 0 aliphatic carbocycles. The highest BCUT2D eigenvalue weighted by molar-refractivity contribution is 5.90. The van der Waals surface area contributed by atoms with Crippen molar-refractivity contribution in [3.63, 3.8) is 0 Å². The molecular weight excluding hydrogens is 378 g/mol. The molecule has 0 saturated heterocycles. The molecule has 0 radical (unpaired) electrons. The molecule has 154 valence electrons. The number of hydrogen-bond donors (Lipinski definition) is 3. The van der Waals surface area contributed by atoms with E-state index in [0.29, 0.717) is 19.4 Å². The maximum Gasteiger partial charge on any atom is 0.414 e. The summed E-state index contributed by atoms with van der Waals surface area (Å²) >= 11 is 0. The van der Waals surface area contributed by atoms with Crippen LogP contribution in [0, 0.1) is 0 Å². The van der Waals surface area contributed by atoms with E-state index in [2.05, 4.69) is 9.97 Å². The highest BCUT2D eigenvalue weighted by Crippen LogP contribution is 2.30. The molecule has 1 aliphatic rings. The van der Waals surface area contributed by atoms with Crippen LogP contribution < -0.4 is 16.1 Å². The number of anilines is 1. The molecule has 9 nitrogen and oxygen atoms in total. The second-order valence-electron chi connectivity index (χ2n) is 7.91. The van der Waals surface area contributed by atoms with Crippen LogP contribution in [0.5, 0.6) is 0 Å². The average Bonchev–Trinajstić information content (AvgIpc) is 3.02. The van der Waals surface area contributed by atoms with E-state index in [1.165, 1.54) is 0 Å². The van der Waals surface area contributed by atoms with Crippen molar-refractivity contribution < 1.29 is 19.4 Å². The molecule has 1 aliphatic heterocycles. The molecule has 1 aromatic carbocycles. The van der Waals surface area contributed by atoms with E-state index in [0.717, 1.165) is 16.8 Å². The van der Waals surface area contributed by atoms with Crippen LogP contribution in [-0.2, 0) is 24.0 Å². The minimum absolute atomic E-state index is 0.0213. The summed E-state index contributed by atoms with van der Waals surface area (Å²) in [6.45, 7) is 5.97. The molecule has 0 fully saturated rings. The van der Waals surface area contributed by atoms with Gasteiger partial charge in [-0.2, -0.15) is 0 Å². The zero-order chi connectivity index (χ0) is 21.3. The van der Waals surface area contributed by atoms with Gasteiger partial charge in [-0.3, -0.25) is 14.7 Å². The van der Waals surface area contributed by atoms with Crippen molar-refractivity contribution in [1.29, 1.82) is 0 Å². The van der Waals surface area contributed by atoms with Gasteiger partial charge >= 0.3 is 17.8 Å². The second kappa shape index (κ2) is 7.57. The number of aryl methyl sites for hydroxylation is 1. The van der Waals surface area contributed by atoms with E-state index in [1.807, 2.05) is 39.0 Å². The third kappa shape index (κ3) is 4.56. The molecule has 0 unspecified atom stereocenters. The molecule has 9 heteroatoms. The molecule has 2 heterocycles. The lowest BCUT2D eigenvalue weighted by molar-refractivity contribution is 0.0583. The van der Waals surface area contributed by atoms with Crippen LogP contribution in [0.4, 0.5) is 10.5 Å². The Morgan fingerprint density at radius 2 is 1.90 bits per heavy atom. The molecule has 0 atom stereocenters. The number of rotatable bonds is 4. The average molecular weight is 401 g/mol. The maximum absolute atomic E-state index is 12.4. The molecule has 0 bridgehead atoms. The van der Waals surface area contributed by atoms with Crippen molar-refractivity contribution >= 4 is 17.7 Å². The number of nitrogens with zero attached hydrogens (tertiary/aromatic N) is 1. The van der Waals surface area contributed by atoms with Crippen LogP contribution in [0.25, 0.3) is 0 Å².